The highest BCUT2D eigenvalue weighted by atomic mass is 19.4. The molecule has 0 spiro atoms. The highest BCUT2D eigenvalue weighted by Gasteiger charge is 2.31. The number of benzene rings is 2. The van der Waals surface area contributed by atoms with Crippen LogP contribution >= 0.6 is 0 Å². The summed E-state index contributed by atoms with van der Waals surface area (Å²) >= 11 is 0. The number of amides is 2. The number of nitrogens with zero attached hydrogens (tertiary/aromatic N) is 2. The van der Waals surface area contributed by atoms with Gasteiger partial charge in [-0.1, -0.05) is 18.9 Å². The Balaban J connectivity index is 1.43. The fraction of sp³-hybridized carbons (Fsp3) is 0.346. The quantitative estimate of drug-likeness (QED) is 0.382. The van der Waals surface area contributed by atoms with Crippen LogP contribution in [0.3, 0.4) is 0 Å². The molecule has 2 saturated carbocycles. The van der Waals surface area contributed by atoms with E-state index < -0.39 is 17.6 Å². The predicted octanol–water partition coefficient (Wildman–Crippen LogP) is 5.90. The number of hydrogen-bond donors (Lipinski definition) is 3. The van der Waals surface area contributed by atoms with Crippen LogP contribution < -0.4 is 10.6 Å². The average molecular weight is 499 g/mol. The van der Waals surface area contributed by atoms with Crippen molar-refractivity contribution in [2.75, 3.05) is 5.32 Å². The minimum atomic E-state index is -4.57. The van der Waals surface area contributed by atoms with Crippen LogP contribution in [0.1, 0.15) is 66.1 Å². The number of carbonyl (C=O) groups excluding carboxylic acids is 2. The van der Waals surface area contributed by atoms with Crippen LogP contribution in [0.4, 0.5) is 23.7 Å². The first-order chi connectivity index (χ1) is 17.2. The van der Waals surface area contributed by atoms with E-state index in [1.165, 1.54) is 35.0 Å². The van der Waals surface area contributed by atoms with Crippen molar-refractivity contribution in [2.45, 2.75) is 56.7 Å². The zero-order valence-electron chi connectivity index (χ0n) is 19.3. The molecule has 2 aliphatic rings. The Bertz CT molecular complexity index is 1310. The molecule has 0 atom stereocenters. The van der Waals surface area contributed by atoms with Crippen LogP contribution in [0.15, 0.2) is 48.5 Å². The van der Waals surface area contributed by atoms with E-state index in [1.54, 1.807) is 6.07 Å². The summed E-state index contributed by atoms with van der Waals surface area (Å²) in [6, 6.07) is 10.1. The molecular formula is C26H25F3N4O3. The minimum absolute atomic E-state index is 0.0997. The maximum atomic E-state index is 13.0. The Morgan fingerprint density at radius 3 is 2.44 bits per heavy atom. The molecule has 5 rings (SSSR count). The fourth-order valence-electron chi connectivity index (χ4n) is 4.52. The van der Waals surface area contributed by atoms with E-state index >= 15 is 0 Å². The predicted molar refractivity (Wildman–Crippen MR) is 127 cm³/mol. The summed E-state index contributed by atoms with van der Waals surface area (Å²) in [4.78, 5) is 25.5. The van der Waals surface area contributed by atoms with Crippen molar-refractivity contribution >= 4 is 17.6 Å². The maximum Gasteiger partial charge on any atom is 0.416 e. The molecule has 0 radical (unpaired) electrons. The third kappa shape index (κ3) is 5.07. The summed E-state index contributed by atoms with van der Waals surface area (Å²) < 4.78 is 40.4. The van der Waals surface area contributed by atoms with E-state index in [0.29, 0.717) is 11.3 Å². The highest BCUT2D eigenvalue weighted by Crippen LogP contribution is 2.38. The standard InChI is InChI=1S/C26H25F3N4O3/c27-26(28,29)17-7-3-6-16(12-17)24(35)30-19-10-11-23(34)20(13-19)21-14-22(15-4-1-2-5-15)33(32-21)25(36)31-18-8-9-18/h3,6-7,10-15,18,34H,1-2,4-5,8-9H2,(H,30,35)(H,31,36). The molecule has 2 aromatic carbocycles. The van der Waals surface area contributed by atoms with Crippen molar-refractivity contribution in [1.82, 2.24) is 15.1 Å². The second-order valence-corrected chi connectivity index (χ2v) is 9.34. The molecular weight excluding hydrogens is 473 g/mol. The van der Waals surface area contributed by atoms with Crippen LogP contribution in [-0.2, 0) is 6.18 Å². The molecule has 7 nitrogen and oxygen atoms in total. The molecule has 0 aliphatic heterocycles. The van der Waals surface area contributed by atoms with E-state index in [1.807, 2.05) is 0 Å². The normalized spacial score (nSPS) is 16.2. The van der Waals surface area contributed by atoms with Gasteiger partial charge < -0.3 is 15.7 Å². The second kappa shape index (κ2) is 9.33. The molecule has 10 heteroatoms. The number of phenols is 1. The van der Waals surface area contributed by atoms with Gasteiger partial charge >= 0.3 is 12.2 Å². The lowest BCUT2D eigenvalue weighted by atomic mass is 10.0. The molecule has 2 aliphatic carbocycles. The molecule has 0 bridgehead atoms. The van der Waals surface area contributed by atoms with Gasteiger partial charge in [0.05, 0.1) is 17.0 Å². The molecule has 2 amide bonds. The van der Waals surface area contributed by atoms with E-state index in [4.69, 9.17) is 0 Å². The lowest BCUT2D eigenvalue weighted by Gasteiger charge is -2.11. The van der Waals surface area contributed by atoms with Gasteiger partial charge in [-0.3, -0.25) is 4.79 Å². The van der Waals surface area contributed by atoms with Gasteiger partial charge in [0.2, 0.25) is 0 Å². The average Bonchev–Trinajstić information content (AvgIpc) is 3.31. The Labute approximate surface area is 205 Å². The molecule has 1 aromatic heterocycles. The van der Waals surface area contributed by atoms with Gasteiger partial charge in [0.1, 0.15) is 5.75 Å². The number of phenolic OH excluding ortho intramolecular Hbond substituents is 1. The summed E-state index contributed by atoms with van der Waals surface area (Å²) in [7, 11) is 0. The van der Waals surface area contributed by atoms with Crippen LogP contribution in [0.5, 0.6) is 5.75 Å². The number of rotatable bonds is 5. The third-order valence-electron chi connectivity index (χ3n) is 6.59. The molecule has 0 saturated heterocycles. The zero-order chi connectivity index (χ0) is 25.4. The number of nitrogens with one attached hydrogen (secondary N) is 2. The number of halogens is 3. The Morgan fingerprint density at radius 1 is 1.00 bits per heavy atom. The Morgan fingerprint density at radius 2 is 1.75 bits per heavy atom. The fourth-order valence-corrected chi connectivity index (χ4v) is 4.52. The van der Waals surface area contributed by atoms with Gasteiger partial charge in [-0.15, -0.1) is 0 Å². The molecule has 1 heterocycles. The van der Waals surface area contributed by atoms with Gasteiger partial charge in [-0.2, -0.15) is 23.0 Å². The Kier molecular flexibility index (Phi) is 6.19. The summed E-state index contributed by atoms with van der Waals surface area (Å²) in [5.41, 5.74) is 0.646. The monoisotopic (exact) mass is 498 g/mol. The van der Waals surface area contributed by atoms with Crippen LogP contribution in [0.2, 0.25) is 0 Å². The van der Waals surface area contributed by atoms with Crippen molar-refractivity contribution < 1.29 is 27.9 Å². The molecule has 0 unspecified atom stereocenters. The minimum Gasteiger partial charge on any atom is -0.507 e. The summed E-state index contributed by atoms with van der Waals surface area (Å²) in [5, 5.41) is 20.6. The molecule has 3 aromatic rings. The van der Waals surface area contributed by atoms with Gasteiger partial charge in [-0.05, 0) is 68.1 Å². The largest absolute Gasteiger partial charge is 0.507 e. The number of hydrogen-bond acceptors (Lipinski definition) is 4. The van der Waals surface area contributed by atoms with Crippen molar-refractivity contribution in [3.05, 3.63) is 65.4 Å². The summed E-state index contributed by atoms with van der Waals surface area (Å²) in [5.74, 6) is -0.641. The first kappa shape index (κ1) is 23.9. The zero-order valence-corrected chi connectivity index (χ0v) is 19.3. The number of aromatic nitrogens is 2. The first-order valence-corrected chi connectivity index (χ1v) is 11.9. The molecule has 2 fully saturated rings. The van der Waals surface area contributed by atoms with Gasteiger partial charge in [-0.25, -0.2) is 4.79 Å². The number of aromatic hydroxyl groups is 1. The smallest absolute Gasteiger partial charge is 0.416 e. The van der Waals surface area contributed by atoms with E-state index in [2.05, 4.69) is 15.7 Å². The maximum absolute atomic E-state index is 13.0. The van der Waals surface area contributed by atoms with E-state index in [-0.39, 0.29) is 35.0 Å². The topological polar surface area (TPSA) is 96.2 Å². The van der Waals surface area contributed by atoms with Gasteiger partial charge in [0.15, 0.2) is 0 Å². The number of anilines is 1. The van der Waals surface area contributed by atoms with Gasteiger partial charge in [0, 0.05) is 28.8 Å². The summed E-state index contributed by atoms with van der Waals surface area (Å²) in [6.45, 7) is 0. The lowest BCUT2D eigenvalue weighted by Crippen LogP contribution is -2.32. The molecule has 3 N–H and O–H groups in total. The van der Waals surface area contributed by atoms with E-state index in [0.717, 1.165) is 56.4 Å². The van der Waals surface area contributed by atoms with Crippen molar-refractivity contribution in [1.29, 1.82) is 0 Å². The number of alkyl halides is 3. The lowest BCUT2D eigenvalue weighted by molar-refractivity contribution is -0.137. The SMILES string of the molecule is O=C(Nc1ccc(O)c(-c2cc(C3CCCC3)n(C(=O)NC3CC3)n2)c1)c1cccc(C(F)(F)F)c1. The third-order valence-corrected chi connectivity index (χ3v) is 6.59. The van der Waals surface area contributed by atoms with Crippen LogP contribution in [0, 0.1) is 0 Å². The highest BCUT2D eigenvalue weighted by molar-refractivity contribution is 6.04. The van der Waals surface area contributed by atoms with Crippen LogP contribution in [0.25, 0.3) is 11.3 Å². The van der Waals surface area contributed by atoms with Gasteiger partial charge in [0.25, 0.3) is 5.91 Å². The molecule has 188 valence electrons. The number of carbonyl (C=O) groups is 2. The van der Waals surface area contributed by atoms with E-state index in [9.17, 15) is 27.9 Å². The molecule has 36 heavy (non-hydrogen) atoms. The van der Waals surface area contributed by atoms with Crippen LogP contribution in [-0.4, -0.2) is 32.9 Å². The first-order valence-electron chi connectivity index (χ1n) is 11.9. The summed E-state index contributed by atoms with van der Waals surface area (Å²) in [6.07, 6.45) is 1.33. The van der Waals surface area contributed by atoms with Crippen molar-refractivity contribution in [3.8, 4) is 17.0 Å². The van der Waals surface area contributed by atoms with Crippen molar-refractivity contribution in [2.24, 2.45) is 0 Å². The Hall–Kier alpha value is -3.82. The van der Waals surface area contributed by atoms with Crippen molar-refractivity contribution in [3.63, 3.8) is 0 Å². The second-order valence-electron chi connectivity index (χ2n) is 9.34.